The summed E-state index contributed by atoms with van der Waals surface area (Å²) >= 11 is 0. The minimum Gasteiger partial charge on any atom is -0.550 e. The van der Waals surface area contributed by atoms with Gasteiger partial charge in [0, 0.05) is 24.3 Å². The maximum atomic E-state index is 11.4. The molecular formula is C52H108N2O12P2. The highest BCUT2D eigenvalue weighted by atomic mass is 31.1. The van der Waals surface area contributed by atoms with Gasteiger partial charge in [-0.25, -0.2) is 0 Å². The second-order valence-corrected chi connectivity index (χ2v) is 24.0. The van der Waals surface area contributed by atoms with Crippen LogP contribution in [0.1, 0.15) is 219 Å². The summed E-state index contributed by atoms with van der Waals surface area (Å²) < 4.78 is 0.904. The first-order valence-corrected chi connectivity index (χ1v) is 29.6. The molecule has 16 heteroatoms. The maximum Gasteiger partial charge on any atom is 0.235 e. The summed E-state index contributed by atoms with van der Waals surface area (Å²) in [5.41, 5.74) is -0.500. The molecule has 0 aliphatic carbocycles. The van der Waals surface area contributed by atoms with Gasteiger partial charge in [0.2, 0.25) is 11.0 Å². The van der Waals surface area contributed by atoms with Crippen LogP contribution in [0.15, 0.2) is 0 Å². The van der Waals surface area contributed by atoms with Crippen LogP contribution in [0.2, 0.25) is 0 Å². The van der Waals surface area contributed by atoms with E-state index in [9.17, 15) is 39.2 Å². The van der Waals surface area contributed by atoms with Crippen LogP contribution in [-0.2, 0) is 19.2 Å². The van der Waals surface area contributed by atoms with Crippen LogP contribution in [0, 0.1) is 0 Å². The van der Waals surface area contributed by atoms with Crippen LogP contribution in [0.3, 0.4) is 0 Å². The lowest BCUT2D eigenvalue weighted by Gasteiger charge is -2.24. The van der Waals surface area contributed by atoms with Crippen LogP contribution < -0.4 is 10.2 Å². The Bertz CT molecular complexity index is 1050. The first kappa shape index (κ1) is 73.4. The molecule has 0 amide bonds. The van der Waals surface area contributed by atoms with E-state index in [1.807, 2.05) is 42.3 Å². The van der Waals surface area contributed by atoms with Crippen LogP contribution in [0.25, 0.3) is 0 Å². The quantitative estimate of drug-likeness (QED) is 0.0194. The number of aliphatic hydroxyl groups is 4. The zero-order chi connectivity index (χ0) is 52.5. The highest BCUT2D eigenvalue weighted by Gasteiger charge is 2.25. The van der Waals surface area contributed by atoms with Crippen molar-refractivity contribution in [2.45, 2.75) is 232 Å². The summed E-state index contributed by atoms with van der Waals surface area (Å²) in [6.45, 7) is 4.17. The molecule has 0 spiro atoms. The maximum absolute atomic E-state index is 11.4. The molecule has 0 aliphatic heterocycles. The molecule has 0 aromatic rings. The fourth-order valence-electron chi connectivity index (χ4n) is 6.97. The minimum absolute atomic E-state index is 0.0370. The number of hydrogen-bond acceptors (Lipinski definition) is 12. The Kier molecular flexibility index (Phi) is 56.3. The van der Waals surface area contributed by atoms with E-state index in [1.165, 1.54) is 167 Å². The Hall–Kier alpha value is -1.18. The van der Waals surface area contributed by atoms with E-state index in [2.05, 4.69) is 13.8 Å². The van der Waals surface area contributed by atoms with Gasteiger partial charge in [-0.15, -0.1) is 0 Å². The average Bonchev–Trinajstić information content (AvgIpc) is 3.25. The van der Waals surface area contributed by atoms with Crippen molar-refractivity contribution >= 4 is 39.3 Å². The summed E-state index contributed by atoms with van der Waals surface area (Å²) in [4.78, 5) is 62.0. The lowest BCUT2D eigenvalue weighted by atomic mass is 10.0. The molecule has 0 heterocycles. The van der Waals surface area contributed by atoms with Crippen molar-refractivity contribution in [1.82, 2.24) is 0 Å². The summed E-state index contributed by atoms with van der Waals surface area (Å²) in [7, 11) is 7.47. The van der Waals surface area contributed by atoms with Crippen LogP contribution in [0.4, 0.5) is 0 Å². The largest absolute Gasteiger partial charge is 0.550 e. The van der Waals surface area contributed by atoms with Crippen molar-refractivity contribution in [3.63, 3.8) is 0 Å². The predicted molar refractivity (Wildman–Crippen MR) is 279 cm³/mol. The SMILES string of the molecule is CCCCCCCCCCCCCCCCCC(=O)[O-].CCCCCCCCCCCCCCCCCC(=O)[O-].C[N+](C)(C)CC(=O)P(O)CC(O)CO.C[N+](C)(C)CC(=O)P(O)CC(O)CO. The van der Waals surface area contributed by atoms with Gasteiger partial charge in [0.25, 0.3) is 0 Å². The lowest BCUT2D eigenvalue weighted by molar-refractivity contribution is -0.861. The summed E-state index contributed by atoms with van der Waals surface area (Å²) in [6.07, 6.45) is 37.6. The molecule has 0 aromatic heterocycles. The van der Waals surface area contributed by atoms with Gasteiger partial charge in [-0.05, 0) is 25.7 Å². The van der Waals surface area contributed by atoms with Gasteiger partial charge in [0.15, 0.2) is 0 Å². The fraction of sp³-hybridized carbons (Fsp3) is 0.923. The Balaban J connectivity index is -0.000000407. The van der Waals surface area contributed by atoms with E-state index in [-0.39, 0.29) is 49.3 Å². The van der Waals surface area contributed by atoms with E-state index >= 15 is 0 Å². The number of aliphatic carboxylic acids is 2. The standard InChI is InChI=1S/2C18H36O2.2C8H19NO4P/c2*1-2-3-4-5-6-7-8-9-10-11-12-13-14-15-16-17-18(19)20;2*1-9(2,3)4-8(12)14(13)6-7(11)5-10/h2*2-17H2,1H3,(H,19,20);2*7,10-11,13H,4-6H2,1-3H3/q;;2*+1/p-2. The van der Waals surface area contributed by atoms with Gasteiger partial charge in [0.05, 0.1) is 67.7 Å². The van der Waals surface area contributed by atoms with Gasteiger partial charge in [-0.2, -0.15) is 0 Å². The molecule has 0 radical (unpaired) electrons. The van der Waals surface area contributed by atoms with Crippen molar-refractivity contribution in [3.05, 3.63) is 0 Å². The molecule has 0 aliphatic rings. The second kappa shape index (κ2) is 52.2. The van der Waals surface area contributed by atoms with Crippen molar-refractivity contribution < 1.29 is 68.6 Å². The first-order chi connectivity index (χ1) is 32.1. The molecule has 0 aromatic carbocycles. The Morgan fingerprint density at radius 3 is 0.750 bits per heavy atom. The average molecular weight is 1020 g/mol. The molecule has 6 N–H and O–H groups in total. The van der Waals surface area contributed by atoms with Crippen molar-refractivity contribution in [3.8, 4) is 0 Å². The molecule has 0 bridgehead atoms. The fourth-order valence-corrected chi connectivity index (χ4v) is 9.59. The predicted octanol–water partition coefficient (Wildman–Crippen LogP) is 7.92. The van der Waals surface area contributed by atoms with Crippen LogP contribution in [0.5, 0.6) is 0 Å². The summed E-state index contributed by atoms with van der Waals surface area (Å²) in [5, 5.41) is 55.6. The molecular weight excluding hydrogens is 907 g/mol. The number of carbonyl (C=O) groups is 4. The van der Waals surface area contributed by atoms with Gasteiger partial charge in [0.1, 0.15) is 29.4 Å². The number of nitrogens with zero attached hydrogens (tertiary/aromatic N) is 2. The lowest BCUT2D eigenvalue weighted by Crippen LogP contribution is -2.39. The molecule has 4 atom stereocenters. The number of likely N-dealkylation sites (N-methyl/N-ethyl adjacent to an activating group) is 2. The van der Waals surface area contributed by atoms with Gasteiger partial charge < -0.3 is 59.0 Å². The monoisotopic (exact) mass is 1010 g/mol. The molecule has 0 rings (SSSR count). The number of carboxylic acids is 2. The van der Waals surface area contributed by atoms with Crippen LogP contribution in [-0.4, -0.2) is 155 Å². The molecule has 14 nitrogen and oxygen atoms in total. The normalized spacial score (nSPS) is 13.1. The number of hydrogen-bond donors (Lipinski definition) is 6. The van der Waals surface area contributed by atoms with E-state index in [4.69, 9.17) is 20.4 Å². The molecule has 0 fully saturated rings. The van der Waals surface area contributed by atoms with E-state index in [0.29, 0.717) is 8.97 Å². The number of unbranched alkanes of at least 4 members (excludes halogenated alkanes) is 28. The smallest absolute Gasteiger partial charge is 0.235 e. The van der Waals surface area contributed by atoms with Gasteiger partial charge in [-0.1, -0.05) is 194 Å². The van der Waals surface area contributed by atoms with Crippen molar-refractivity contribution in [2.24, 2.45) is 0 Å². The minimum atomic E-state index is -1.82. The number of quaternary nitrogens is 2. The summed E-state index contributed by atoms with van der Waals surface area (Å²) in [5.74, 6) is -1.81. The van der Waals surface area contributed by atoms with E-state index in [0.717, 1.165) is 25.7 Å². The first-order valence-electron chi connectivity index (χ1n) is 26.6. The zero-order valence-corrected chi connectivity index (χ0v) is 46.7. The van der Waals surface area contributed by atoms with E-state index in [1.54, 1.807) is 0 Å². The van der Waals surface area contributed by atoms with Crippen molar-refractivity contribution in [2.75, 3.05) is 80.9 Å². The zero-order valence-electron chi connectivity index (χ0n) is 44.9. The molecule has 0 saturated carbocycles. The number of carbonyl (C=O) groups excluding carboxylic acids is 4. The Morgan fingerprint density at radius 1 is 0.397 bits per heavy atom. The van der Waals surface area contributed by atoms with Gasteiger partial charge >= 0.3 is 0 Å². The molecule has 408 valence electrons. The van der Waals surface area contributed by atoms with E-state index < -0.39 is 53.7 Å². The third-order valence-corrected chi connectivity index (χ3v) is 13.9. The highest BCUT2D eigenvalue weighted by Crippen LogP contribution is 2.33. The molecule has 68 heavy (non-hydrogen) atoms. The Morgan fingerprint density at radius 2 is 0.588 bits per heavy atom. The van der Waals surface area contributed by atoms with Gasteiger partial charge in [-0.3, -0.25) is 9.59 Å². The van der Waals surface area contributed by atoms with Crippen molar-refractivity contribution in [1.29, 1.82) is 0 Å². The molecule has 0 saturated heterocycles. The number of carboxylic acid groups (broad SMARTS) is 2. The second-order valence-electron chi connectivity index (χ2n) is 20.7. The third-order valence-electron chi connectivity index (χ3n) is 11.0. The number of rotatable bonds is 44. The highest BCUT2D eigenvalue weighted by molar-refractivity contribution is 7.70. The third kappa shape index (κ3) is 66.9. The topological polar surface area (TPSA) is 236 Å². The number of aliphatic hydroxyl groups excluding tert-OH is 4. The molecule has 4 unspecified atom stereocenters. The summed E-state index contributed by atoms with van der Waals surface area (Å²) in [6, 6.07) is 0. The Labute approximate surface area is 418 Å². The van der Waals surface area contributed by atoms with Crippen LogP contribution >= 0.6 is 16.3 Å².